The van der Waals surface area contributed by atoms with Crippen LogP contribution in [0.3, 0.4) is 0 Å². The molecule has 0 aromatic heterocycles. The predicted octanol–water partition coefficient (Wildman–Crippen LogP) is 2.81. The molecule has 1 aromatic rings. The van der Waals surface area contributed by atoms with Crippen molar-refractivity contribution in [3.05, 3.63) is 35.4 Å². The fraction of sp³-hybridized carbons (Fsp3) is 0.619. The minimum Gasteiger partial charge on any atom is -0.504 e. The van der Waals surface area contributed by atoms with E-state index >= 15 is 0 Å². The smallest absolute Gasteiger partial charge is 0.166 e. The summed E-state index contributed by atoms with van der Waals surface area (Å²) in [5.41, 5.74) is 1.90. The molecule has 134 valence electrons. The molecule has 25 heavy (non-hydrogen) atoms. The molecular weight excluding hydrogens is 314 g/mol. The first-order valence-electron chi connectivity index (χ1n) is 9.66. The zero-order chi connectivity index (χ0) is 17.4. The Morgan fingerprint density at radius 1 is 1.36 bits per heavy atom. The molecule has 4 atom stereocenters. The Morgan fingerprint density at radius 3 is 2.88 bits per heavy atom. The number of ether oxygens (including phenoxy) is 1. The lowest BCUT2D eigenvalue weighted by molar-refractivity contribution is -0.119. The van der Waals surface area contributed by atoms with E-state index in [1.54, 1.807) is 6.07 Å². The number of benzene rings is 1. The van der Waals surface area contributed by atoms with Crippen LogP contribution in [0.1, 0.15) is 50.2 Å². The van der Waals surface area contributed by atoms with E-state index in [2.05, 4.69) is 18.8 Å². The van der Waals surface area contributed by atoms with Gasteiger partial charge in [-0.3, -0.25) is 0 Å². The van der Waals surface area contributed by atoms with Crippen molar-refractivity contribution in [3.63, 3.8) is 0 Å². The Hall–Kier alpha value is -1.52. The topological polar surface area (TPSA) is 61.7 Å². The molecule has 0 bridgehead atoms. The van der Waals surface area contributed by atoms with E-state index in [4.69, 9.17) is 4.74 Å². The van der Waals surface area contributed by atoms with Gasteiger partial charge >= 0.3 is 0 Å². The first-order valence-corrected chi connectivity index (χ1v) is 9.66. The SMILES string of the molecule is C=C1CC[C@@]2(O)[C@H](NCC3CC3)Cc3ccc(O)c4c3[C@@]2(CC)C1O4. The minimum atomic E-state index is -0.867. The van der Waals surface area contributed by atoms with Crippen LogP contribution in [0.4, 0.5) is 0 Å². The summed E-state index contributed by atoms with van der Waals surface area (Å²) in [7, 11) is 0. The van der Waals surface area contributed by atoms with Gasteiger partial charge in [-0.2, -0.15) is 0 Å². The molecule has 0 amide bonds. The molecule has 1 aliphatic heterocycles. The summed E-state index contributed by atoms with van der Waals surface area (Å²) >= 11 is 0. The van der Waals surface area contributed by atoms with Gasteiger partial charge < -0.3 is 20.3 Å². The number of nitrogens with one attached hydrogen (secondary N) is 1. The molecule has 3 aliphatic carbocycles. The Kier molecular flexibility index (Phi) is 3.15. The van der Waals surface area contributed by atoms with Gasteiger partial charge in [-0.15, -0.1) is 0 Å². The summed E-state index contributed by atoms with van der Waals surface area (Å²) in [6, 6.07) is 3.77. The van der Waals surface area contributed by atoms with Crippen molar-refractivity contribution < 1.29 is 14.9 Å². The van der Waals surface area contributed by atoms with Gasteiger partial charge in [-0.05, 0) is 68.2 Å². The van der Waals surface area contributed by atoms with Crippen LogP contribution in [0.25, 0.3) is 0 Å². The first kappa shape index (κ1) is 15.7. The molecule has 2 fully saturated rings. The molecule has 2 saturated carbocycles. The van der Waals surface area contributed by atoms with E-state index in [0.717, 1.165) is 42.9 Å². The van der Waals surface area contributed by atoms with Crippen LogP contribution >= 0.6 is 0 Å². The number of phenols is 1. The summed E-state index contributed by atoms with van der Waals surface area (Å²) < 4.78 is 6.25. The van der Waals surface area contributed by atoms with E-state index in [9.17, 15) is 10.2 Å². The van der Waals surface area contributed by atoms with Crippen LogP contribution in [0.5, 0.6) is 11.5 Å². The first-order chi connectivity index (χ1) is 12.0. The monoisotopic (exact) mass is 341 g/mol. The average molecular weight is 341 g/mol. The van der Waals surface area contributed by atoms with Crippen molar-refractivity contribution in [2.24, 2.45) is 5.92 Å². The van der Waals surface area contributed by atoms with E-state index in [-0.39, 0.29) is 17.9 Å². The quantitative estimate of drug-likeness (QED) is 0.737. The van der Waals surface area contributed by atoms with Crippen molar-refractivity contribution in [2.45, 2.75) is 68.6 Å². The van der Waals surface area contributed by atoms with Gasteiger partial charge in [0.1, 0.15) is 6.10 Å². The van der Waals surface area contributed by atoms with Crippen LogP contribution in [0, 0.1) is 5.92 Å². The molecule has 1 aromatic carbocycles. The molecule has 0 radical (unpaired) electrons. The van der Waals surface area contributed by atoms with Crippen molar-refractivity contribution in [1.82, 2.24) is 5.32 Å². The molecule has 0 spiro atoms. The van der Waals surface area contributed by atoms with Gasteiger partial charge in [0.05, 0.1) is 11.0 Å². The van der Waals surface area contributed by atoms with Crippen LogP contribution in [-0.4, -0.2) is 34.5 Å². The zero-order valence-electron chi connectivity index (χ0n) is 14.8. The van der Waals surface area contributed by atoms with Gasteiger partial charge in [0.15, 0.2) is 11.5 Å². The second-order valence-electron chi connectivity index (χ2n) is 8.46. The van der Waals surface area contributed by atoms with Crippen molar-refractivity contribution >= 4 is 0 Å². The fourth-order valence-electron chi connectivity index (χ4n) is 5.74. The maximum absolute atomic E-state index is 12.0. The van der Waals surface area contributed by atoms with Crippen molar-refractivity contribution in [2.75, 3.05) is 6.54 Å². The highest BCUT2D eigenvalue weighted by Gasteiger charge is 2.68. The molecule has 1 heterocycles. The second kappa shape index (κ2) is 5.01. The predicted molar refractivity (Wildman–Crippen MR) is 96.0 cm³/mol. The van der Waals surface area contributed by atoms with E-state index in [0.29, 0.717) is 12.2 Å². The average Bonchev–Trinajstić information content (AvgIpc) is 3.35. The normalized spacial score (nSPS) is 38.4. The highest BCUT2D eigenvalue weighted by molar-refractivity contribution is 5.63. The number of aliphatic hydroxyl groups is 1. The van der Waals surface area contributed by atoms with Crippen LogP contribution in [0.15, 0.2) is 24.3 Å². The highest BCUT2D eigenvalue weighted by Crippen LogP contribution is 2.63. The van der Waals surface area contributed by atoms with Gasteiger partial charge in [0.2, 0.25) is 0 Å². The van der Waals surface area contributed by atoms with Crippen LogP contribution in [0.2, 0.25) is 0 Å². The Bertz CT molecular complexity index is 756. The molecule has 3 N–H and O–H groups in total. The number of phenolic OH excluding ortho intramolecular Hbond substituents is 1. The third-order valence-electron chi connectivity index (χ3n) is 7.23. The lowest BCUT2D eigenvalue weighted by atomic mass is 9.50. The lowest BCUT2D eigenvalue weighted by Gasteiger charge is -2.57. The van der Waals surface area contributed by atoms with Crippen LogP contribution in [-0.2, 0) is 11.8 Å². The maximum Gasteiger partial charge on any atom is 0.166 e. The van der Waals surface area contributed by atoms with E-state index in [1.165, 1.54) is 18.4 Å². The minimum absolute atomic E-state index is 0.0234. The summed E-state index contributed by atoms with van der Waals surface area (Å²) in [6.07, 6.45) is 5.39. The Balaban J connectivity index is 1.69. The molecule has 1 unspecified atom stereocenters. The summed E-state index contributed by atoms with van der Waals surface area (Å²) in [5, 5.41) is 26.1. The van der Waals surface area contributed by atoms with Gasteiger partial charge in [-0.1, -0.05) is 19.6 Å². The van der Waals surface area contributed by atoms with E-state index < -0.39 is 11.0 Å². The van der Waals surface area contributed by atoms with Crippen molar-refractivity contribution in [1.29, 1.82) is 0 Å². The van der Waals surface area contributed by atoms with Gasteiger partial charge in [0.25, 0.3) is 0 Å². The third kappa shape index (κ3) is 1.85. The number of aromatic hydroxyl groups is 1. The second-order valence-corrected chi connectivity index (χ2v) is 8.46. The highest BCUT2D eigenvalue weighted by atomic mass is 16.5. The Morgan fingerprint density at radius 2 is 2.16 bits per heavy atom. The van der Waals surface area contributed by atoms with Gasteiger partial charge in [-0.25, -0.2) is 0 Å². The standard InChI is InChI=1S/C21H27NO3/c1-3-20-17-14-6-7-15(23)18(17)25-19(20)12(2)8-9-21(20,24)16(10-14)22-11-13-4-5-13/h6-7,13,16,19,22-24H,2-5,8-11H2,1H3/t16-,19?,20+,21-/m1/s1. The molecule has 5 rings (SSSR count). The zero-order valence-corrected chi connectivity index (χ0v) is 14.8. The number of hydrogen-bond donors (Lipinski definition) is 3. The van der Waals surface area contributed by atoms with E-state index in [1.807, 2.05) is 6.07 Å². The lowest BCUT2D eigenvalue weighted by Crippen LogP contribution is -2.71. The largest absolute Gasteiger partial charge is 0.504 e. The Labute approximate surface area is 148 Å². The number of rotatable bonds is 4. The molecular formula is C21H27NO3. The molecule has 4 nitrogen and oxygen atoms in total. The third-order valence-corrected chi connectivity index (χ3v) is 7.23. The number of hydrogen-bond acceptors (Lipinski definition) is 4. The van der Waals surface area contributed by atoms with Gasteiger partial charge in [0, 0.05) is 11.6 Å². The molecule has 0 saturated heterocycles. The maximum atomic E-state index is 12.0. The van der Waals surface area contributed by atoms with Crippen LogP contribution < -0.4 is 10.1 Å². The fourth-order valence-corrected chi connectivity index (χ4v) is 5.74. The summed E-state index contributed by atoms with van der Waals surface area (Å²) in [4.78, 5) is 0. The molecule has 4 aliphatic rings. The summed E-state index contributed by atoms with van der Waals surface area (Å²) in [5.74, 6) is 1.53. The molecule has 4 heteroatoms. The van der Waals surface area contributed by atoms with Crippen molar-refractivity contribution in [3.8, 4) is 11.5 Å². The summed E-state index contributed by atoms with van der Waals surface area (Å²) in [6.45, 7) is 7.37.